The lowest BCUT2D eigenvalue weighted by molar-refractivity contribution is 0.367. The Hall–Kier alpha value is -0.770. The molecule has 0 aromatic carbocycles. The molecule has 4 nitrogen and oxygen atoms in total. The Morgan fingerprint density at radius 1 is 1.53 bits per heavy atom. The van der Waals surface area contributed by atoms with Crippen LogP contribution >= 0.6 is 11.6 Å². The van der Waals surface area contributed by atoms with Gasteiger partial charge in [-0.15, -0.1) is 16.7 Å². The topological polar surface area (TPSA) is 42.7 Å². The fourth-order valence-corrected chi connectivity index (χ4v) is 2.57. The fraction of sp³-hybridized carbons (Fsp3) is 0.800. The van der Waals surface area contributed by atoms with E-state index < -0.39 is 0 Å². The third-order valence-corrected chi connectivity index (χ3v) is 3.87. The van der Waals surface area contributed by atoms with Gasteiger partial charge in [0, 0.05) is 24.9 Å². The second kappa shape index (κ2) is 4.39. The molecule has 1 fully saturated rings. The highest BCUT2D eigenvalue weighted by atomic mass is 35.5. The Morgan fingerprint density at radius 3 is 2.80 bits per heavy atom. The summed E-state index contributed by atoms with van der Waals surface area (Å²) in [6.07, 6.45) is 6.82. The van der Waals surface area contributed by atoms with Crippen molar-refractivity contribution in [2.45, 2.75) is 25.7 Å². The smallest absolute Gasteiger partial charge is 0.144 e. The molecule has 2 rings (SSSR count). The highest BCUT2D eigenvalue weighted by Crippen LogP contribution is 2.39. The molecule has 0 radical (unpaired) electrons. The van der Waals surface area contributed by atoms with E-state index in [9.17, 15) is 0 Å². The van der Waals surface area contributed by atoms with Gasteiger partial charge in [0.1, 0.15) is 5.82 Å². The zero-order chi connectivity index (χ0) is 10.7. The van der Waals surface area contributed by atoms with Crippen molar-refractivity contribution >= 4 is 17.4 Å². The monoisotopic (exact) mass is 228 g/mol. The summed E-state index contributed by atoms with van der Waals surface area (Å²) >= 11 is 6.07. The number of aromatic nitrogens is 3. The summed E-state index contributed by atoms with van der Waals surface area (Å²) in [5.41, 5.74) is 0.284. The molecule has 15 heavy (non-hydrogen) atoms. The summed E-state index contributed by atoms with van der Waals surface area (Å²) in [6, 6.07) is 0. The number of alkyl halides is 1. The van der Waals surface area contributed by atoms with Crippen LogP contribution < -0.4 is 5.32 Å². The van der Waals surface area contributed by atoms with Crippen LogP contribution in [0.4, 0.5) is 5.82 Å². The molecule has 1 aliphatic rings. The summed E-state index contributed by atoms with van der Waals surface area (Å²) in [4.78, 5) is 0. The van der Waals surface area contributed by atoms with Crippen LogP contribution in [-0.2, 0) is 7.05 Å². The molecule has 1 aromatic rings. The maximum atomic E-state index is 6.07. The zero-order valence-electron chi connectivity index (χ0n) is 9.04. The molecule has 0 spiro atoms. The van der Waals surface area contributed by atoms with E-state index in [2.05, 4.69) is 15.6 Å². The fourth-order valence-electron chi connectivity index (χ4n) is 2.21. The first-order valence-corrected chi connectivity index (χ1v) is 5.94. The van der Waals surface area contributed by atoms with Gasteiger partial charge in [0.15, 0.2) is 0 Å². The maximum absolute atomic E-state index is 6.07. The third kappa shape index (κ3) is 2.25. The van der Waals surface area contributed by atoms with Crippen LogP contribution in [0.15, 0.2) is 6.20 Å². The van der Waals surface area contributed by atoms with Gasteiger partial charge in [0.2, 0.25) is 0 Å². The largest absolute Gasteiger partial charge is 0.368 e. The molecule has 84 valence electrons. The van der Waals surface area contributed by atoms with Crippen molar-refractivity contribution in [2.75, 3.05) is 17.7 Å². The average Bonchev–Trinajstić information content (AvgIpc) is 2.85. The van der Waals surface area contributed by atoms with E-state index in [-0.39, 0.29) is 5.41 Å². The van der Waals surface area contributed by atoms with Crippen LogP contribution in [0.2, 0.25) is 0 Å². The molecular formula is C10H17ClN4. The molecule has 5 heteroatoms. The number of hydrogen-bond donors (Lipinski definition) is 1. The van der Waals surface area contributed by atoms with E-state index in [1.165, 1.54) is 25.7 Å². The van der Waals surface area contributed by atoms with Crippen LogP contribution in [0.25, 0.3) is 0 Å². The molecule has 1 heterocycles. The molecule has 0 aliphatic heterocycles. The van der Waals surface area contributed by atoms with E-state index in [1.807, 2.05) is 7.05 Å². The number of aryl methyl sites for hydroxylation is 1. The van der Waals surface area contributed by atoms with Gasteiger partial charge in [-0.25, -0.2) is 4.68 Å². The van der Waals surface area contributed by atoms with Gasteiger partial charge in [0.25, 0.3) is 0 Å². The van der Waals surface area contributed by atoms with Crippen molar-refractivity contribution in [2.24, 2.45) is 12.5 Å². The van der Waals surface area contributed by atoms with Crippen LogP contribution in [0.1, 0.15) is 25.7 Å². The minimum Gasteiger partial charge on any atom is -0.368 e. The first-order chi connectivity index (χ1) is 7.26. The molecule has 1 aromatic heterocycles. The number of anilines is 1. The van der Waals surface area contributed by atoms with Crippen molar-refractivity contribution in [3.8, 4) is 0 Å². The van der Waals surface area contributed by atoms with Crippen LogP contribution in [0, 0.1) is 5.41 Å². The van der Waals surface area contributed by atoms with Crippen molar-refractivity contribution in [3.63, 3.8) is 0 Å². The molecule has 0 amide bonds. The van der Waals surface area contributed by atoms with Crippen molar-refractivity contribution < 1.29 is 0 Å². The average molecular weight is 229 g/mol. The minimum absolute atomic E-state index is 0.284. The molecule has 1 saturated carbocycles. The van der Waals surface area contributed by atoms with Crippen LogP contribution in [0.5, 0.6) is 0 Å². The summed E-state index contributed by atoms with van der Waals surface area (Å²) in [5, 5.41) is 11.1. The van der Waals surface area contributed by atoms with E-state index in [0.29, 0.717) is 0 Å². The Bertz CT molecular complexity index is 317. The van der Waals surface area contributed by atoms with Crippen molar-refractivity contribution in [3.05, 3.63) is 6.20 Å². The summed E-state index contributed by atoms with van der Waals surface area (Å²) in [6.45, 7) is 0.928. The standard InChI is InChI=1S/C10H17ClN4/c1-15-9(6-13-14-15)12-8-10(7-11)4-2-3-5-10/h6,12H,2-5,7-8H2,1H3. The summed E-state index contributed by atoms with van der Waals surface area (Å²) < 4.78 is 1.75. The van der Waals surface area contributed by atoms with Gasteiger partial charge in [-0.05, 0) is 12.8 Å². The Balaban J connectivity index is 1.94. The second-order valence-electron chi connectivity index (χ2n) is 4.44. The van der Waals surface area contributed by atoms with Crippen LogP contribution in [-0.4, -0.2) is 27.4 Å². The van der Waals surface area contributed by atoms with E-state index >= 15 is 0 Å². The molecular weight excluding hydrogens is 212 g/mol. The number of nitrogens with one attached hydrogen (secondary N) is 1. The number of rotatable bonds is 4. The van der Waals surface area contributed by atoms with E-state index in [1.54, 1.807) is 10.9 Å². The molecule has 0 saturated heterocycles. The second-order valence-corrected chi connectivity index (χ2v) is 4.70. The normalized spacial score (nSPS) is 19.3. The van der Waals surface area contributed by atoms with Gasteiger partial charge in [-0.2, -0.15) is 0 Å². The number of nitrogens with zero attached hydrogens (tertiary/aromatic N) is 3. The molecule has 1 N–H and O–H groups in total. The third-order valence-electron chi connectivity index (χ3n) is 3.31. The minimum atomic E-state index is 0.284. The van der Waals surface area contributed by atoms with Gasteiger partial charge in [-0.1, -0.05) is 18.1 Å². The number of halogens is 1. The zero-order valence-corrected chi connectivity index (χ0v) is 9.80. The highest BCUT2D eigenvalue weighted by Gasteiger charge is 2.32. The lowest BCUT2D eigenvalue weighted by Crippen LogP contribution is -2.29. The van der Waals surface area contributed by atoms with E-state index in [4.69, 9.17) is 11.6 Å². The molecule has 1 aliphatic carbocycles. The van der Waals surface area contributed by atoms with Gasteiger partial charge >= 0.3 is 0 Å². The Morgan fingerprint density at radius 2 is 2.27 bits per heavy atom. The first kappa shape index (κ1) is 10.7. The Labute approximate surface area is 95.0 Å². The van der Waals surface area contributed by atoms with Crippen molar-refractivity contribution in [1.82, 2.24) is 15.0 Å². The first-order valence-electron chi connectivity index (χ1n) is 5.40. The van der Waals surface area contributed by atoms with Gasteiger partial charge in [-0.3, -0.25) is 0 Å². The SMILES string of the molecule is Cn1nncc1NCC1(CCl)CCCC1. The van der Waals surface area contributed by atoms with Gasteiger partial charge in [0.05, 0.1) is 6.20 Å². The quantitative estimate of drug-likeness (QED) is 0.802. The lowest BCUT2D eigenvalue weighted by Gasteiger charge is -2.26. The predicted octanol–water partition coefficient (Wildman–Crippen LogP) is 2.03. The summed E-state index contributed by atoms with van der Waals surface area (Å²) in [5.74, 6) is 1.71. The Kier molecular flexibility index (Phi) is 3.14. The molecule has 0 unspecified atom stereocenters. The predicted molar refractivity (Wildman–Crippen MR) is 61.1 cm³/mol. The van der Waals surface area contributed by atoms with E-state index in [0.717, 1.165) is 18.2 Å². The lowest BCUT2D eigenvalue weighted by atomic mass is 9.88. The molecule has 0 atom stereocenters. The number of hydrogen-bond acceptors (Lipinski definition) is 3. The highest BCUT2D eigenvalue weighted by molar-refractivity contribution is 6.18. The maximum Gasteiger partial charge on any atom is 0.144 e. The van der Waals surface area contributed by atoms with Crippen LogP contribution in [0.3, 0.4) is 0 Å². The summed E-state index contributed by atoms with van der Waals surface area (Å²) in [7, 11) is 1.89. The van der Waals surface area contributed by atoms with Gasteiger partial charge < -0.3 is 5.32 Å². The van der Waals surface area contributed by atoms with Crippen molar-refractivity contribution in [1.29, 1.82) is 0 Å². The molecule has 0 bridgehead atoms.